The summed E-state index contributed by atoms with van der Waals surface area (Å²) in [5, 5.41) is 2.03. The van der Waals surface area contributed by atoms with Gasteiger partial charge in [-0.15, -0.1) is 0 Å². The lowest BCUT2D eigenvalue weighted by Crippen LogP contribution is -2.56. The number of amides is 3. The minimum absolute atomic E-state index is 0.0200. The molecule has 0 aromatic rings. The largest absolute Gasteiger partial charge is 0.381 e. The van der Waals surface area contributed by atoms with Crippen LogP contribution in [0.25, 0.3) is 0 Å². The molecule has 0 spiro atoms. The first-order chi connectivity index (χ1) is 6.14. The predicted molar refractivity (Wildman–Crippen MR) is 43.6 cm³/mol. The Morgan fingerprint density at radius 1 is 1.54 bits per heavy atom. The van der Waals surface area contributed by atoms with Crippen molar-refractivity contribution in [1.82, 2.24) is 5.32 Å². The fourth-order valence-corrected chi connectivity index (χ4v) is 0.978. The Morgan fingerprint density at radius 3 is 2.69 bits per heavy atom. The lowest BCUT2D eigenvalue weighted by molar-refractivity contribution is -0.139. The Hall–Kier alpha value is -1.27. The number of aliphatic imine (C=N–C) groups is 1. The van der Waals surface area contributed by atoms with Crippen LogP contribution in [0.1, 0.15) is 0 Å². The lowest BCUT2D eigenvalue weighted by Gasteiger charge is -2.27. The summed E-state index contributed by atoms with van der Waals surface area (Å²) in [6, 6.07) is -0.686. The van der Waals surface area contributed by atoms with Crippen molar-refractivity contribution >= 4 is 18.2 Å². The summed E-state index contributed by atoms with van der Waals surface area (Å²) in [4.78, 5) is 25.4. The van der Waals surface area contributed by atoms with E-state index >= 15 is 0 Å². The van der Waals surface area contributed by atoms with E-state index in [2.05, 4.69) is 4.99 Å². The third-order valence-electron chi connectivity index (χ3n) is 1.72. The molecule has 1 atom stereocenters. The van der Waals surface area contributed by atoms with E-state index in [-0.39, 0.29) is 6.61 Å². The van der Waals surface area contributed by atoms with E-state index in [9.17, 15) is 9.59 Å². The first-order valence-electron chi connectivity index (χ1n) is 3.59. The molecule has 1 rings (SSSR count). The van der Waals surface area contributed by atoms with Crippen molar-refractivity contribution < 1.29 is 19.1 Å². The van der Waals surface area contributed by atoms with E-state index in [1.54, 1.807) is 0 Å². The van der Waals surface area contributed by atoms with E-state index < -0.39 is 17.5 Å². The SMILES string of the molecule is COCC1(OC)C=NC(=O)NC1=O. The smallest absolute Gasteiger partial charge is 0.347 e. The van der Waals surface area contributed by atoms with Gasteiger partial charge < -0.3 is 9.47 Å². The minimum atomic E-state index is -1.28. The van der Waals surface area contributed by atoms with E-state index in [0.29, 0.717) is 0 Å². The summed E-state index contributed by atoms with van der Waals surface area (Å²) in [7, 11) is 2.78. The number of carbonyl (C=O) groups excluding carboxylic acids is 2. The van der Waals surface area contributed by atoms with Crippen LogP contribution < -0.4 is 5.32 Å². The molecule has 1 N–H and O–H groups in total. The van der Waals surface area contributed by atoms with E-state index in [4.69, 9.17) is 9.47 Å². The van der Waals surface area contributed by atoms with Crippen LogP contribution in [0.15, 0.2) is 4.99 Å². The lowest BCUT2D eigenvalue weighted by atomic mass is 10.1. The molecule has 13 heavy (non-hydrogen) atoms. The number of hydrogen-bond acceptors (Lipinski definition) is 4. The third-order valence-corrected chi connectivity index (χ3v) is 1.72. The molecule has 0 radical (unpaired) electrons. The molecule has 3 amide bonds. The number of urea groups is 1. The predicted octanol–water partition coefficient (Wildman–Crippen LogP) is -0.661. The molecule has 0 aliphatic carbocycles. The van der Waals surface area contributed by atoms with E-state index in [1.807, 2.05) is 5.32 Å². The topological polar surface area (TPSA) is 77.0 Å². The maximum absolute atomic E-state index is 11.3. The molecule has 0 saturated carbocycles. The van der Waals surface area contributed by atoms with Gasteiger partial charge in [0.1, 0.15) is 0 Å². The summed E-state index contributed by atoms with van der Waals surface area (Å²) in [5.41, 5.74) is -1.28. The molecule has 1 heterocycles. The van der Waals surface area contributed by atoms with Gasteiger partial charge in [-0.3, -0.25) is 10.1 Å². The zero-order valence-corrected chi connectivity index (χ0v) is 7.36. The van der Waals surface area contributed by atoms with Gasteiger partial charge in [0.15, 0.2) is 0 Å². The van der Waals surface area contributed by atoms with Crippen LogP contribution >= 0.6 is 0 Å². The molecule has 72 valence electrons. The Balaban J connectivity index is 2.91. The van der Waals surface area contributed by atoms with Gasteiger partial charge >= 0.3 is 6.03 Å². The van der Waals surface area contributed by atoms with Crippen LogP contribution in [0.5, 0.6) is 0 Å². The van der Waals surface area contributed by atoms with Crippen LogP contribution in [0.4, 0.5) is 4.79 Å². The van der Waals surface area contributed by atoms with E-state index in [1.165, 1.54) is 14.2 Å². The molecule has 6 heteroatoms. The van der Waals surface area contributed by atoms with Crippen LogP contribution in [0.3, 0.4) is 0 Å². The third kappa shape index (κ3) is 1.73. The van der Waals surface area contributed by atoms with Gasteiger partial charge in [-0.05, 0) is 0 Å². The number of methoxy groups -OCH3 is 2. The van der Waals surface area contributed by atoms with Gasteiger partial charge in [-0.1, -0.05) is 0 Å². The molecule has 1 aliphatic rings. The van der Waals surface area contributed by atoms with Crippen molar-refractivity contribution in [3.8, 4) is 0 Å². The van der Waals surface area contributed by atoms with E-state index in [0.717, 1.165) is 6.21 Å². The molecule has 1 aliphatic heterocycles. The number of nitrogens with one attached hydrogen (secondary N) is 1. The number of nitrogens with zero attached hydrogens (tertiary/aromatic N) is 1. The highest BCUT2D eigenvalue weighted by atomic mass is 16.5. The summed E-state index contributed by atoms with van der Waals surface area (Å²) in [6.07, 6.45) is 1.15. The standard InChI is InChI=1S/C7H10N2O4/c1-12-4-7(13-2)3-8-6(11)9-5(7)10/h3H,4H2,1-2H3,(H,9,10,11). The summed E-state index contributed by atoms with van der Waals surface area (Å²) in [5.74, 6) is -0.558. The number of ether oxygens (including phenoxy) is 2. The van der Waals surface area contributed by atoms with Gasteiger partial charge in [-0.25, -0.2) is 9.79 Å². The highest BCUT2D eigenvalue weighted by Crippen LogP contribution is 2.11. The summed E-state index contributed by atoms with van der Waals surface area (Å²) >= 11 is 0. The van der Waals surface area contributed by atoms with Crippen molar-refractivity contribution in [2.45, 2.75) is 5.60 Å². The van der Waals surface area contributed by atoms with Gasteiger partial charge in [0, 0.05) is 14.2 Å². The zero-order chi connectivity index (χ0) is 9.90. The second-order valence-corrected chi connectivity index (χ2v) is 2.54. The number of hydrogen-bond donors (Lipinski definition) is 1. The number of imide groups is 1. The second kappa shape index (κ2) is 3.63. The van der Waals surface area contributed by atoms with Crippen molar-refractivity contribution in [3.63, 3.8) is 0 Å². The summed E-state index contributed by atoms with van der Waals surface area (Å²) < 4.78 is 9.73. The minimum Gasteiger partial charge on any atom is -0.381 e. The summed E-state index contributed by atoms with van der Waals surface area (Å²) in [6.45, 7) is 0.0200. The molecule has 0 aromatic heterocycles. The maximum atomic E-state index is 11.3. The van der Waals surface area contributed by atoms with Crippen LogP contribution in [0.2, 0.25) is 0 Å². The molecule has 0 aromatic carbocycles. The fraction of sp³-hybridized carbons (Fsp3) is 0.571. The molecular formula is C7H10N2O4. The first-order valence-corrected chi connectivity index (χ1v) is 3.59. The van der Waals surface area contributed by atoms with Crippen LogP contribution in [-0.2, 0) is 14.3 Å². The fourth-order valence-electron chi connectivity index (χ4n) is 0.978. The van der Waals surface area contributed by atoms with Crippen LogP contribution in [-0.4, -0.2) is 44.6 Å². The first kappa shape index (κ1) is 9.82. The van der Waals surface area contributed by atoms with Crippen molar-refractivity contribution in [2.75, 3.05) is 20.8 Å². The average molecular weight is 186 g/mol. The van der Waals surface area contributed by atoms with Crippen molar-refractivity contribution in [3.05, 3.63) is 0 Å². The highest BCUT2D eigenvalue weighted by Gasteiger charge is 2.41. The molecular weight excluding hydrogens is 176 g/mol. The quantitative estimate of drug-likeness (QED) is 0.634. The molecule has 0 bridgehead atoms. The average Bonchev–Trinajstić information content (AvgIpc) is 2.11. The van der Waals surface area contributed by atoms with Gasteiger partial charge in [0.05, 0.1) is 12.8 Å². The van der Waals surface area contributed by atoms with Crippen molar-refractivity contribution in [2.24, 2.45) is 4.99 Å². The maximum Gasteiger partial charge on any atom is 0.347 e. The van der Waals surface area contributed by atoms with Gasteiger partial charge in [0.25, 0.3) is 5.91 Å². The molecule has 6 nitrogen and oxygen atoms in total. The highest BCUT2D eigenvalue weighted by molar-refractivity contribution is 6.14. The molecule has 1 unspecified atom stereocenters. The monoisotopic (exact) mass is 186 g/mol. The normalized spacial score (nSPS) is 27.5. The second-order valence-electron chi connectivity index (χ2n) is 2.54. The number of rotatable bonds is 3. The Morgan fingerprint density at radius 2 is 2.23 bits per heavy atom. The Labute approximate surface area is 74.9 Å². The molecule has 0 fully saturated rings. The van der Waals surface area contributed by atoms with Crippen molar-refractivity contribution in [1.29, 1.82) is 0 Å². The van der Waals surface area contributed by atoms with Gasteiger partial charge in [0.2, 0.25) is 5.60 Å². The van der Waals surface area contributed by atoms with Crippen LogP contribution in [0, 0.1) is 0 Å². The molecule has 0 saturated heterocycles. The zero-order valence-electron chi connectivity index (χ0n) is 7.36. The Kier molecular flexibility index (Phi) is 2.74. The Bertz CT molecular complexity index is 263. The number of carbonyl (C=O) groups is 2. The van der Waals surface area contributed by atoms with Gasteiger partial charge in [-0.2, -0.15) is 0 Å².